The first-order valence-corrected chi connectivity index (χ1v) is 11.4. The summed E-state index contributed by atoms with van der Waals surface area (Å²) in [7, 11) is -3.62. The molecule has 0 aliphatic carbocycles. The van der Waals surface area contributed by atoms with Gasteiger partial charge in [-0.3, -0.25) is 9.78 Å². The van der Waals surface area contributed by atoms with E-state index in [9.17, 15) is 13.2 Å². The third-order valence-corrected chi connectivity index (χ3v) is 6.72. The van der Waals surface area contributed by atoms with E-state index in [1.807, 2.05) is 30.5 Å². The van der Waals surface area contributed by atoms with Crippen molar-refractivity contribution in [3.8, 4) is 10.6 Å². The fraction of sp³-hybridized carbons (Fsp3) is 0.250. The molecule has 1 amide bonds. The molecule has 152 valence electrons. The molecule has 2 N–H and O–H groups in total. The number of nitrogens with one attached hydrogen (secondary N) is 2. The van der Waals surface area contributed by atoms with Crippen LogP contribution in [0, 0.1) is 13.8 Å². The Morgan fingerprint density at radius 1 is 1.17 bits per heavy atom. The lowest BCUT2D eigenvalue weighted by molar-refractivity contribution is -0.120. The quantitative estimate of drug-likeness (QED) is 0.535. The second kappa shape index (κ2) is 9.25. The Bertz CT molecular complexity index is 1100. The normalized spacial score (nSPS) is 11.4. The number of carbonyl (C=O) groups excluding carboxylic acids is 1. The number of aromatic nitrogens is 2. The second-order valence-electron chi connectivity index (χ2n) is 6.58. The molecule has 0 saturated heterocycles. The number of benzene rings is 1. The summed E-state index contributed by atoms with van der Waals surface area (Å²) in [5.41, 5.74) is 3.13. The van der Waals surface area contributed by atoms with Crippen LogP contribution in [0.15, 0.2) is 53.0 Å². The van der Waals surface area contributed by atoms with E-state index in [0.29, 0.717) is 11.3 Å². The first-order chi connectivity index (χ1) is 13.8. The molecule has 9 heteroatoms. The monoisotopic (exact) mass is 430 g/mol. The van der Waals surface area contributed by atoms with Crippen LogP contribution in [-0.2, 0) is 21.2 Å². The van der Waals surface area contributed by atoms with Crippen LogP contribution in [0.1, 0.15) is 16.8 Å². The van der Waals surface area contributed by atoms with Gasteiger partial charge in [0.2, 0.25) is 15.9 Å². The molecule has 0 radical (unpaired) electrons. The van der Waals surface area contributed by atoms with Gasteiger partial charge in [0.25, 0.3) is 0 Å². The number of sulfonamides is 1. The third-order valence-electron chi connectivity index (χ3n) is 4.17. The lowest BCUT2D eigenvalue weighted by Gasteiger charge is -2.10. The van der Waals surface area contributed by atoms with Crippen LogP contribution in [0.25, 0.3) is 10.6 Å². The number of rotatable bonds is 8. The smallest absolute Gasteiger partial charge is 0.240 e. The predicted octanol–water partition coefficient (Wildman–Crippen LogP) is 2.46. The number of amides is 1. The van der Waals surface area contributed by atoms with E-state index in [1.165, 1.54) is 11.3 Å². The molecule has 7 nitrogen and oxygen atoms in total. The Morgan fingerprint density at radius 3 is 2.76 bits per heavy atom. The summed E-state index contributed by atoms with van der Waals surface area (Å²) in [6.45, 7) is 3.91. The van der Waals surface area contributed by atoms with Gasteiger partial charge in [0.05, 0.1) is 17.0 Å². The van der Waals surface area contributed by atoms with Crippen LogP contribution in [0.5, 0.6) is 0 Å². The summed E-state index contributed by atoms with van der Waals surface area (Å²) in [4.78, 5) is 20.9. The maximum absolute atomic E-state index is 12.4. The lowest BCUT2D eigenvalue weighted by atomic mass is 10.2. The van der Waals surface area contributed by atoms with Gasteiger partial charge in [0.15, 0.2) is 0 Å². The molecule has 2 aromatic heterocycles. The predicted molar refractivity (Wildman–Crippen MR) is 113 cm³/mol. The van der Waals surface area contributed by atoms with E-state index in [-0.39, 0.29) is 30.3 Å². The minimum absolute atomic E-state index is 0.111. The van der Waals surface area contributed by atoms with Crippen molar-refractivity contribution in [2.45, 2.75) is 25.2 Å². The number of aryl methyl sites for hydroxylation is 2. The third kappa shape index (κ3) is 5.69. The molecule has 0 bridgehead atoms. The topological polar surface area (TPSA) is 101 Å². The molecule has 0 spiro atoms. The number of hydrogen-bond donors (Lipinski definition) is 2. The maximum atomic E-state index is 12.4. The van der Waals surface area contributed by atoms with Crippen LogP contribution in [-0.4, -0.2) is 37.4 Å². The summed E-state index contributed by atoms with van der Waals surface area (Å²) in [6, 6.07) is 9.03. The van der Waals surface area contributed by atoms with Crippen molar-refractivity contribution >= 4 is 27.3 Å². The minimum atomic E-state index is -3.62. The number of nitrogens with zero attached hydrogens (tertiary/aromatic N) is 2. The van der Waals surface area contributed by atoms with Gasteiger partial charge in [-0.25, -0.2) is 18.1 Å². The first-order valence-electron chi connectivity index (χ1n) is 9.03. The minimum Gasteiger partial charge on any atom is -0.354 e. The molecular formula is C20H22N4O3S2. The van der Waals surface area contributed by atoms with Crippen molar-refractivity contribution in [1.29, 1.82) is 0 Å². The highest BCUT2D eigenvalue weighted by atomic mass is 32.2. The largest absolute Gasteiger partial charge is 0.354 e. The van der Waals surface area contributed by atoms with Crippen molar-refractivity contribution in [2.24, 2.45) is 0 Å². The van der Waals surface area contributed by atoms with Crippen LogP contribution in [0.4, 0.5) is 0 Å². The van der Waals surface area contributed by atoms with Gasteiger partial charge in [0, 0.05) is 36.4 Å². The van der Waals surface area contributed by atoms with Crippen LogP contribution < -0.4 is 10.0 Å². The summed E-state index contributed by atoms with van der Waals surface area (Å²) < 4.78 is 27.4. The van der Waals surface area contributed by atoms with Gasteiger partial charge in [-0.05, 0) is 43.2 Å². The highest BCUT2D eigenvalue weighted by molar-refractivity contribution is 7.89. The Balaban J connectivity index is 1.48. The lowest BCUT2D eigenvalue weighted by Crippen LogP contribution is -2.35. The van der Waals surface area contributed by atoms with E-state index in [2.05, 4.69) is 20.0 Å². The molecule has 2 heterocycles. The van der Waals surface area contributed by atoms with Crippen molar-refractivity contribution < 1.29 is 13.2 Å². The zero-order valence-corrected chi connectivity index (χ0v) is 17.8. The molecule has 29 heavy (non-hydrogen) atoms. The van der Waals surface area contributed by atoms with Crippen molar-refractivity contribution in [3.05, 3.63) is 64.9 Å². The molecule has 0 aliphatic rings. The zero-order valence-electron chi connectivity index (χ0n) is 16.2. The number of carbonyl (C=O) groups is 1. The molecule has 1 aromatic carbocycles. The van der Waals surface area contributed by atoms with E-state index in [4.69, 9.17) is 0 Å². The van der Waals surface area contributed by atoms with Gasteiger partial charge < -0.3 is 5.32 Å². The van der Waals surface area contributed by atoms with Gasteiger partial charge >= 0.3 is 0 Å². The number of hydrogen-bond acceptors (Lipinski definition) is 6. The van der Waals surface area contributed by atoms with Crippen molar-refractivity contribution in [2.75, 3.05) is 13.1 Å². The SMILES string of the molecule is Cc1ccc(C)c(S(=O)(=O)NCCNC(=O)Cc2csc(-c3cccnc3)n2)c1. The van der Waals surface area contributed by atoms with Crippen LogP contribution in [0.3, 0.4) is 0 Å². The molecule has 3 rings (SSSR count). The standard InChI is InChI=1S/C20H22N4O3S2/c1-14-5-6-15(2)18(10-14)29(26,27)23-9-8-22-19(25)11-17-13-28-20(24-17)16-4-3-7-21-12-16/h3-7,10,12-13,23H,8-9,11H2,1-2H3,(H,22,25). The van der Waals surface area contributed by atoms with E-state index in [1.54, 1.807) is 31.5 Å². The highest BCUT2D eigenvalue weighted by Crippen LogP contribution is 2.22. The van der Waals surface area contributed by atoms with Gasteiger partial charge in [-0.1, -0.05) is 12.1 Å². The van der Waals surface area contributed by atoms with Gasteiger partial charge in [-0.2, -0.15) is 0 Å². The van der Waals surface area contributed by atoms with Gasteiger partial charge in [0.1, 0.15) is 5.01 Å². The molecular weight excluding hydrogens is 408 g/mol. The highest BCUT2D eigenvalue weighted by Gasteiger charge is 2.16. The zero-order chi connectivity index (χ0) is 20.9. The fourth-order valence-corrected chi connectivity index (χ4v) is 4.87. The number of thiazole rings is 1. The Hall–Kier alpha value is -2.62. The van der Waals surface area contributed by atoms with Crippen molar-refractivity contribution in [1.82, 2.24) is 20.0 Å². The first kappa shape index (κ1) is 21.1. The molecule has 0 fully saturated rings. The maximum Gasteiger partial charge on any atom is 0.240 e. The second-order valence-corrected chi connectivity index (χ2v) is 9.17. The average Bonchev–Trinajstić information content (AvgIpc) is 3.16. The summed E-state index contributed by atoms with van der Waals surface area (Å²) in [5.74, 6) is -0.209. The molecule has 3 aromatic rings. The van der Waals surface area contributed by atoms with Crippen molar-refractivity contribution in [3.63, 3.8) is 0 Å². The van der Waals surface area contributed by atoms with E-state index in [0.717, 1.165) is 16.1 Å². The van der Waals surface area contributed by atoms with E-state index < -0.39 is 10.0 Å². The molecule has 0 unspecified atom stereocenters. The number of pyridine rings is 1. The molecule has 0 aliphatic heterocycles. The Labute approximate surface area is 174 Å². The summed E-state index contributed by atoms with van der Waals surface area (Å²) in [6.07, 6.45) is 3.56. The summed E-state index contributed by atoms with van der Waals surface area (Å²) in [5, 5.41) is 5.36. The average molecular weight is 431 g/mol. The van der Waals surface area contributed by atoms with Crippen LogP contribution >= 0.6 is 11.3 Å². The molecule has 0 atom stereocenters. The van der Waals surface area contributed by atoms with Gasteiger partial charge in [-0.15, -0.1) is 11.3 Å². The Kier molecular flexibility index (Phi) is 6.73. The summed E-state index contributed by atoms with van der Waals surface area (Å²) >= 11 is 1.45. The van der Waals surface area contributed by atoms with E-state index >= 15 is 0 Å². The fourth-order valence-electron chi connectivity index (χ4n) is 2.70. The van der Waals surface area contributed by atoms with Crippen LogP contribution in [0.2, 0.25) is 0 Å². The molecule has 0 saturated carbocycles. The Morgan fingerprint density at radius 2 is 2.00 bits per heavy atom.